The number of anilines is 1. The predicted octanol–water partition coefficient (Wildman–Crippen LogP) is 2.65. The van der Waals surface area contributed by atoms with E-state index in [1.165, 1.54) is 6.07 Å². The molecule has 2 rings (SSSR count). The van der Waals surface area contributed by atoms with Crippen LogP contribution in [0, 0.1) is 12.7 Å². The molecule has 0 fully saturated rings. The second-order valence-electron chi connectivity index (χ2n) is 4.51. The van der Waals surface area contributed by atoms with Crippen molar-refractivity contribution in [1.29, 1.82) is 0 Å². The molecule has 0 spiro atoms. The van der Waals surface area contributed by atoms with Gasteiger partial charge in [0, 0.05) is 25.0 Å². The fourth-order valence-corrected chi connectivity index (χ4v) is 2.03. The van der Waals surface area contributed by atoms with Crippen LogP contribution in [0.4, 0.5) is 10.1 Å². The Morgan fingerprint density at radius 2 is 2.20 bits per heavy atom. The van der Waals surface area contributed by atoms with Crippen LogP contribution in [0.25, 0.3) is 0 Å². The summed E-state index contributed by atoms with van der Waals surface area (Å²) < 4.78 is 18.9. The highest BCUT2D eigenvalue weighted by Gasteiger charge is 2.14. The summed E-state index contributed by atoms with van der Waals surface area (Å²) in [6.45, 7) is 2.31. The van der Waals surface area contributed by atoms with Crippen molar-refractivity contribution in [1.82, 2.24) is 4.98 Å². The summed E-state index contributed by atoms with van der Waals surface area (Å²) >= 11 is 0. The van der Waals surface area contributed by atoms with E-state index in [1.807, 2.05) is 13.0 Å². The van der Waals surface area contributed by atoms with Crippen LogP contribution < -0.4 is 15.8 Å². The number of nitrogens with two attached hydrogens (primary N) is 1. The van der Waals surface area contributed by atoms with Crippen LogP contribution in [0.1, 0.15) is 17.2 Å². The number of hydrogen-bond acceptors (Lipinski definition) is 4. The minimum Gasteiger partial charge on any atom is -0.497 e. The summed E-state index contributed by atoms with van der Waals surface area (Å²) in [6.07, 6.45) is 3.47. The number of pyridine rings is 1. The minimum absolute atomic E-state index is 0.203. The van der Waals surface area contributed by atoms with Gasteiger partial charge in [-0.15, -0.1) is 0 Å². The van der Waals surface area contributed by atoms with Crippen LogP contribution in [0.5, 0.6) is 5.75 Å². The number of rotatable bonds is 5. The number of nitrogens with one attached hydrogen (secondary N) is 1. The van der Waals surface area contributed by atoms with Gasteiger partial charge in [0.2, 0.25) is 0 Å². The largest absolute Gasteiger partial charge is 0.497 e. The normalized spacial score (nSPS) is 12.0. The summed E-state index contributed by atoms with van der Waals surface area (Å²) in [4.78, 5) is 4.10. The molecule has 1 aromatic carbocycles. The maximum Gasteiger partial charge on any atom is 0.146 e. The lowest BCUT2D eigenvalue weighted by atomic mass is 10.0. The zero-order valence-corrected chi connectivity index (χ0v) is 11.6. The molecule has 0 aliphatic heterocycles. The molecule has 0 saturated carbocycles. The highest BCUT2D eigenvalue weighted by molar-refractivity contribution is 5.51. The molecule has 1 atom stereocenters. The van der Waals surface area contributed by atoms with Crippen LogP contribution in [-0.4, -0.2) is 18.6 Å². The molecule has 0 bridgehead atoms. The van der Waals surface area contributed by atoms with Gasteiger partial charge in [-0.1, -0.05) is 0 Å². The zero-order valence-electron chi connectivity index (χ0n) is 11.6. The molecule has 4 nitrogen and oxygen atoms in total. The second-order valence-corrected chi connectivity index (χ2v) is 4.51. The Balaban J connectivity index is 2.29. The van der Waals surface area contributed by atoms with E-state index < -0.39 is 0 Å². The number of halogens is 1. The predicted molar refractivity (Wildman–Crippen MR) is 77.3 cm³/mol. The summed E-state index contributed by atoms with van der Waals surface area (Å²) in [5.41, 5.74) is 8.18. The van der Waals surface area contributed by atoms with Gasteiger partial charge in [-0.2, -0.15) is 0 Å². The van der Waals surface area contributed by atoms with Crippen molar-refractivity contribution in [3.63, 3.8) is 0 Å². The fourth-order valence-electron chi connectivity index (χ4n) is 2.03. The lowest BCUT2D eigenvalue weighted by molar-refractivity contribution is 0.414. The molecule has 0 aliphatic carbocycles. The van der Waals surface area contributed by atoms with Gasteiger partial charge in [0.1, 0.15) is 11.6 Å². The SMILES string of the molecule is COc1ccc(F)c(NC(CN)c2cnccc2C)c1. The lowest BCUT2D eigenvalue weighted by Crippen LogP contribution is -2.22. The number of benzene rings is 1. The fraction of sp³-hybridized carbons (Fsp3) is 0.267. The van der Waals surface area contributed by atoms with Crippen LogP contribution in [0.15, 0.2) is 36.7 Å². The number of aryl methyl sites for hydroxylation is 1. The summed E-state index contributed by atoms with van der Waals surface area (Å²) in [7, 11) is 1.54. The van der Waals surface area contributed by atoms with E-state index in [0.29, 0.717) is 18.0 Å². The maximum atomic E-state index is 13.8. The first kappa shape index (κ1) is 14.3. The first-order valence-corrected chi connectivity index (χ1v) is 6.36. The molecule has 0 aliphatic rings. The number of ether oxygens (including phenoxy) is 1. The van der Waals surface area contributed by atoms with Gasteiger partial charge in [0.05, 0.1) is 18.8 Å². The van der Waals surface area contributed by atoms with Crippen molar-refractivity contribution in [2.45, 2.75) is 13.0 Å². The molecule has 20 heavy (non-hydrogen) atoms. The van der Waals surface area contributed by atoms with Crippen molar-refractivity contribution in [3.8, 4) is 5.75 Å². The van der Waals surface area contributed by atoms with Crippen LogP contribution >= 0.6 is 0 Å². The summed E-state index contributed by atoms with van der Waals surface area (Å²) in [5.74, 6) is 0.248. The third-order valence-electron chi connectivity index (χ3n) is 3.19. The highest BCUT2D eigenvalue weighted by Crippen LogP contribution is 2.26. The van der Waals surface area contributed by atoms with Crippen LogP contribution in [0.3, 0.4) is 0 Å². The third-order valence-corrected chi connectivity index (χ3v) is 3.19. The molecule has 1 heterocycles. The molecule has 0 saturated heterocycles. The maximum absolute atomic E-state index is 13.8. The van der Waals surface area contributed by atoms with Crippen LogP contribution in [-0.2, 0) is 0 Å². The molecule has 3 N–H and O–H groups in total. The smallest absolute Gasteiger partial charge is 0.146 e. The Kier molecular flexibility index (Phi) is 4.53. The number of nitrogens with zero attached hydrogens (tertiary/aromatic N) is 1. The molecule has 106 valence electrons. The molecule has 0 amide bonds. The Morgan fingerprint density at radius 3 is 2.85 bits per heavy atom. The third kappa shape index (κ3) is 3.05. The van der Waals surface area contributed by atoms with Gasteiger partial charge < -0.3 is 15.8 Å². The van der Waals surface area contributed by atoms with E-state index in [2.05, 4.69) is 10.3 Å². The summed E-state index contributed by atoms with van der Waals surface area (Å²) in [5, 5.41) is 3.11. The van der Waals surface area contributed by atoms with E-state index in [9.17, 15) is 4.39 Å². The van der Waals surface area contributed by atoms with Crippen molar-refractivity contribution in [2.75, 3.05) is 19.0 Å². The quantitative estimate of drug-likeness (QED) is 0.880. The average molecular weight is 275 g/mol. The molecular weight excluding hydrogens is 257 g/mol. The van der Waals surface area contributed by atoms with Crippen molar-refractivity contribution < 1.29 is 9.13 Å². The standard InChI is InChI=1S/C15H18FN3O/c1-10-5-6-18-9-12(10)15(8-17)19-14-7-11(20-2)3-4-13(14)16/h3-7,9,15,19H,8,17H2,1-2H3. The van der Waals surface area contributed by atoms with E-state index in [-0.39, 0.29) is 11.9 Å². The van der Waals surface area contributed by atoms with Gasteiger partial charge in [-0.05, 0) is 36.2 Å². The number of methoxy groups -OCH3 is 1. The highest BCUT2D eigenvalue weighted by atomic mass is 19.1. The molecule has 5 heteroatoms. The molecular formula is C15H18FN3O. The molecule has 1 unspecified atom stereocenters. The lowest BCUT2D eigenvalue weighted by Gasteiger charge is -2.20. The topological polar surface area (TPSA) is 60.2 Å². The molecule has 1 aromatic heterocycles. The Labute approximate surface area is 117 Å². The first-order valence-electron chi connectivity index (χ1n) is 6.36. The Bertz CT molecular complexity index is 589. The first-order chi connectivity index (χ1) is 9.65. The van der Waals surface area contributed by atoms with Gasteiger partial charge in [0.15, 0.2) is 0 Å². The van der Waals surface area contributed by atoms with Gasteiger partial charge in [-0.3, -0.25) is 4.98 Å². The Morgan fingerprint density at radius 1 is 1.40 bits per heavy atom. The monoisotopic (exact) mass is 275 g/mol. The van der Waals surface area contributed by atoms with Crippen molar-refractivity contribution in [3.05, 3.63) is 53.6 Å². The number of aromatic nitrogens is 1. The van der Waals surface area contributed by atoms with E-state index in [1.54, 1.807) is 31.6 Å². The van der Waals surface area contributed by atoms with Gasteiger partial charge in [0.25, 0.3) is 0 Å². The molecule has 0 radical (unpaired) electrons. The number of hydrogen-bond donors (Lipinski definition) is 2. The average Bonchev–Trinajstić information content (AvgIpc) is 2.47. The second kappa shape index (κ2) is 6.34. The van der Waals surface area contributed by atoms with Gasteiger partial charge in [-0.25, -0.2) is 4.39 Å². The van der Waals surface area contributed by atoms with Crippen molar-refractivity contribution in [2.24, 2.45) is 5.73 Å². The molecule has 2 aromatic rings. The summed E-state index contributed by atoms with van der Waals surface area (Å²) in [6, 6.07) is 6.26. The van der Waals surface area contributed by atoms with E-state index in [0.717, 1.165) is 11.1 Å². The zero-order chi connectivity index (χ0) is 14.5. The van der Waals surface area contributed by atoms with E-state index in [4.69, 9.17) is 10.5 Å². The van der Waals surface area contributed by atoms with Gasteiger partial charge >= 0.3 is 0 Å². The Hall–Kier alpha value is -2.14. The van der Waals surface area contributed by atoms with E-state index >= 15 is 0 Å². The van der Waals surface area contributed by atoms with Crippen LogP contribution in [0.2, 0.25) is 0 Å². The minimum atomic E-state index is -0.342. The van der Waals surface area contributed by atoms with Crippen molar-refractivity contribution >= 4 is 5.69 Å².